The van der Waals surface area contributed by atoms with Crippen LogP contribution in [0.25, 0.3) is 16.8 Å². The van der Waals surface area contributed by atoms with Gasteiger partial charge in [0.1, 0.15) is 24.0 Å². The fourth-order valence-corrected chi connectivity index (χ4v) is 5.09. The van der Waals surface area contributed by atoms with Crippen molar-refractivity contribution in [2.75, 3.05) is 5.32 Å². The number of rotatable bonds is 6. The average molecular weight is 597 g/mol. The van der Waals surface area contributed by atoms with Crippen molar-refractivity contribution in [3.05, 3.63) is 110 Å². The van der Waals surface area contributed by atoms with E-state index in [1.165, 1.54) is 6.08 Å². The zero-order valence-corrected chi connectivity index (χ0v) is 21.6. The molecular formula is C27H17Br2ClN2O2. The molecule has 0 bridgehead atoms. The highest BCUT2D eigenvalue weighted by Crippen LogP contribution is 2.36. The zero-order valence-electron chi connectivity index (χ0n) is 17.7. The van der Waals surface area contributed by atoms with Gasteiger partial charge in [0.15, 0.2) is 0 Å². The standard InChI is InChI=1S/C27H17Br2ClN2O2/c28-24-12-17(11-20(15-31)27(33)32-22-9-4-8-21(30)14-22)13-25(29)26(24)34-16-19-7-3-6-18-5-1-2-10-23(18)19/h1-14H,16H2,(H,32,33)/b20-11+. The zero-order chi connectivity index (χ0) is 24.1. The number of carbonyl (C=O) groups is 1. The number of benzene rings is 4. The Kier molecular flexibility index (Phi) is 7.69. The van der Waals surface area contributed by atoms with Crippen molar-refractivity contribution in [3.63, 3.8) is 0 Å². The summed E-state index contributed by atoms with van der Waals surface area (Å²) in [4.78, 5) is 12.6. The SMILES string of the molecule is N#C/C(=C\c1cc(Br)c(OCc2cccc3ccccc23)c(Br)c1)C(=O)Nc1cccc(Cl)c1. The maximum Gasteiger partial charge on any atom is 0.266 e. The summed E-state index contributed by atoms with van der Waals surface area (Å²) in [6.07, 6.45) is 1.52. The van der Waals surface area contributed by atoms with E-state index in [9.17, 15) is 10.1 Å². The van der Waals surface area contributed by atoms with Crippen molar-refractivity contribution in [2.45, 2.75) is 6.61 Å². The molecule has 0 spiro atoms. The maximum atomic E-state index is 12.6. The summed E-state index contributed by atoms with van der Waals surface area (Å²) in [6.45, 7) is 0.388. The summed E-state index contributed by atoms with van der Waals surface area (Å²) >= 11 is 13.1. The van der Waals surface area contributed by atoms with Crippen LogP contribution in [-0.2, 0) is 11.4 Å². The van der Waals surface area contributed by atoms with Gasteiger partial charge in [-0.3, -0.25) is 4.79 Å². The van der Waals surface area contributed by atoms with E-state index >= 15 is 0 Å². The van der Waals surface area contributed by atoms with Crippen molar-refractivity contribution in [3.8, 4) is 11.8 Å². The molecular weight excluding hydrogens is 580 g/mol. The number of carbonyl (C=O) groups excluding carboxylic acids is 1. The Hall–Kier alpha value is -3.11. The van der Waals surface area contributed by atoms with Gasteiger partial charge in [-0.05, 0) is 90.2 Å². The van der Waals surface area contributed by atoms with E-state index in [1.54, 1.807) is 36.4 Å². The lowest BCUT2D eigenvalue weighted by atomic mass is 10.1. The lowest BCUT2D eigenvalue weighted by Crippen LogP contribution is -2.13. The molecule has 4 aromatic rings. The number of amides is 1. The second kappa shape index (κ2) is 10.9. The number of hydrogen-bond acceptors (Lipinski definition) is 3. The monoisotopic (exact) mass is 594 g/mol. The summed E-state index contributed by atoms with van der Waals surface area (Å²) in [5, 5.41) is 15.0. The van der Waals surface area contributed by atoms with Crippen LogP contribution in [0.3, 0.4) is 0 Å². The van der Waals surface area contributed by atoms with E-state index < -0.39 is 5.91 Å². The third-order valence-electron chi connectivity index (χ3n) is 5.03. The van der Waals surface area contributed by atoms with E-state index in [0.717, 1.165) is 16.3 Å². The molecule has 0 unspecified atom stereocenters. The van der Waals surface area contributed by atoms with Crippen molar-refractivity contribution in [1.82, 2.24) is 0 Å². The Morgan fingerprint density at radius 2 is 1.71 bits per heavy atom. The second-order valence-electron chi connectivity index (χ2n) is 7.37. The first-order valence-electron chi connectivity index (χ1n) is 10.2. The summed E-state index contributed by atoms with van der Waals surface area (Å²) in [5.74, 6) is 0.111. The maximum absolute atomic E-state index is 12.6. The molecule has 4 aromatic carbocycles. The van der Waals surface area contributed by atoms with Gasteiger partial charge in [-0.15, -0.1) is 0 Å². The third kappa shape index (κ3) is 5.68. The first-order chi connectivity index (χ1) is 16.4. The number of nitrogens with zero attached hydrogens (tertiary/aromatic N) is 1. The van der Waals surface area contributed by atoms with Gasteiger partial charge in [-0.2, -0.15) is 5.26 Å². The Morgan fingerprint density at radius 1 is 1.00 bits per heavy atom. The van der Waals surface area contributed by atoms with Crippen LogP contribution in [0, 0.1) is 11.3 Å². The quantitative estimate of drug-likeness (QED) is 0.181. The molecule has 0 saturated carbocycles. The number of fused-ring (bicyclic) bond motifs is 1. The molecule has 0 aliphatic rings. The number of anilines is 1. The predicted molar refractivity (Wildman–Crippen MR) is 144 cm³/mol. The number of ether oxygens (including phenoxy) is 1. The molecule has 1 N–H and O–H groups in total. The molecule has 168 valence electrons. The predicted octanol–water partition coefficient (Wildman–Crippen LogP) is 8.14. The van der Waals surface area contributed by atoms with Gasteiger partial charge >= 0.3 is 0 Å². The first kappa shape index (κ1) is 24.0. The van der Waals surface area contributed by atoms with Crippen LogP contribution < -0.4 is 10.1 Å². The Labute approximate surface area is 219 Å². The largest absolute Gasteiger partial charge is 0.487 e. The normalized spacial score (nSPS) is 11.2. The van der Waals surface area contributed by atoms with E-state index in [1.807, 2.05) is 30.3 Å². The summed E-state index contributed by atoms with van der Waals surface area (Å²) in [6, 6.07) is 26.6. The van der Waals surface area contributed by atoms with Crippen molar-refractivity contribution >= 4 is 71.9 Å². The highest BCUT2D eigenvalue weighted by Gasteiger charge is 2.13. The molecule has 4 nitrogen and oxygen atoms in total. The molecule has 1 amide bonds. The first-order valence-corrected chi connectivity index (χ1v) is 12.2. The molecule has 0 radical (unpaired) electrons. The summed E-state index contributed by atoms with van der Waals surface area (Å²) in [7, 11) is 0. The lowest BCUT2D eigenvalue weighted by molar-refractivity contribution is -0.112. The highest BCUT2D eigenvalue weighted by atomic mass is 79.9. The molecule has 4 rings (SSSR count). The Balaban J connectivity index is 1.53. The number of nitrogens with one attached hydrogen (secondary N) is 1. The number of halogens is 3. The summed E-state index contributed by atoms with van der Waals surface area (Å²) < 4.78 is 7.51. The van der Waals surface area contributed by atoms with Crippen molar-refractivity contribution in [1.29, 1.82) is 5.26 Å². The Morgan fingerprint density at radius 3 is 2.44 bits per heavy atom. The summed E-state index contributed by atoms with van der Waals surface area (Å²) in [5.41, 5.74) is 2.21. The molecule has 7 heteroatoms. The minimum absolute atomic E-state index is 0.0387. The van der Waals surface area contributed by atoms with Crippen LogP contribution in [0.5, 0.6) is 5.75 Å². The van der Waals surface area contributed by atoms with Gasteiger partial charge in [0, 0.05) is 10.7 Å². The van der Waals surface area contributed by atoms with Gasteiger partial charge in [-0.25, -0.2) is 0 Å². The minimum Gasteiger partial charge on any atom is -0.487 e. The van der Waals surface area contributed by atoms with Crippen LogP contribution in [0.4, 0.5) is 5.69 Å². The number of hydrogen-bond donors (Lipinski definition) is 1. The highest BCUT2D eigenvalue weighted by molar-refractivity contribution is 9.11. The van der Waals surface area contributed by atoms with Crippen molar-refractivity contribution < 1.29 is 9.53 Å². The fraction of sp³-hybridized carbons (Fsp3) is 0.0370. The smallest absolute Gasteiger partial charge is 0.266 e. The minimum atomic E-state index is -0.520. The van der Waals surface area contributed by atoms with Crippen LogP contribution in [0.1, 0.15) is 11.1 Å². The fourth-order valence-electron chi connectivity index (χ4n) is 3.45. The van der Waals surface area contributed by atoms with Gasteiger partial charge in [0.25, 0.3) is 5.91 Å². The Bertz CT molecular complexity index is 1430. The van der Waals surface area contributed by atoms with Gasteiger partial charge in [-0.1, -0.05) is 60.1 Å². The second-order valence-corrected chi connectivity index (χ2v) is 9.52. The lowest BCUT2D eigenvalue weighted by Gasteiger charge is -2.13. The van der Waals surface area contributed by atoms with E-state index in [2.05, 4.69) is 55.4 Å². The molecule has 0 aliphatic heterocycles. The topological polar surface area (TPSA) is 62.1 Å². The molecule has 0 aromatic heterocycles. The molecule has 0 heterocycles. The molecule has 0 aliphatic carbocycles. The molecule has 0 atom stereocenters. The van der Waals surface area contributed by atoms with Crippen LogP contribution in [0.15, 0.2) is 93.4 Å². The van der Waals surface area contributed by atoms with Crippen LogP contribution in [0.2, 0.25) is 5.02 Å². The van der Waals surface area contributed by atoms with Gasteiger partial charge in [0.05, 0.1) is 8.95 Å². The van der Waals surface area contributed by atoms with Gasteiger partial charge < -0.3 is 10.1 Å². The molecule has 0 saturated heterocycles. The number of nitriles is 1. The molecule has 0 fully saturated rings. The van der Waals surface area contributed by atoms with E-state index in [0.29, 0.717) is 37.6 Å². The van der Waals surface area contributed by atoms with E-state index in [4.69, 9.17) is 16.3 Å². The van der Waals surface area contributed by atoms with Crippen LogP contribution in [-0.4, -0.2) is 5.91 Å². The third-order valence-corrected chi connectivity index (χ3v) is 6.44. The average Bonchev–Trinajstić information content (AvgIpc) is 2.82. The molecule has 34 heavy (non-hydrogen) atoms. The van der Waals surface area contributed by atoms with Gasteiger partial charge in [0.2, 0.25) is 0 Å². The van der Waals surface area contributed by atoms with E-state index in [-0.39, 0.29) is 5.57 Å². The van der Waals surface area contributed by atoms with Crippen LogP contribution >= 0.6 is 43.5 Å². The van der Waals surface area contributed by atoms with Crippen molar-refractivity contribution in [2.24, 2.45) is 0 Å².